The van der Waals surface area contributed by atoms with Gasteiger partial charge in [0.2, 0.25) is 0 Å². The molecule has 1 spiro atoms. The molecule has 6 heteroatoms. The van der Waals surface area contributed by atoms with Crippen LogP contribution in [0.3, 0.4) is 0 Å². The molecule has 2 saturated heterocycles. The van der Waals surface area contributed by atoms with Crippen LogP contribution in [0.2, 0.25) is 0 Å². The van der Waals surface area contributed by atoms with Crippen molar-refractivity contribution < 1.29 is 18.7 Å². The van der Waals surface area contributed by atoms with E-state index >= 15 is 0 Å². The number of ether oxygens (including phenoxy) is 2. The fraction of sp³-hybridized carbons (Fsp3) is 0.444. The largest absolute Gasteiger partial charge is 0.486 e. The lowest BCUT2D eigenvalue weighted by molar-refractivity contribution is -0.0458. The zero-order valence-corrected chi connectivity index (χ0v) is 13.4. The van der Waals surface area contributed by atoms with Crippen LogP contribution in [0.1, 0.15) is 29.8 Å². The third-order valence-corrected chi connectivity index (χ3v) is 4.67. The summed E-state index contributed by atoms with van der Waals surface area (Å²) in [5.74, 6) is 1.06. The molecule has 0 saturated carbocycles. The van der Waals surface area contributed by atoms with Crippen molar-refractivity contribution in [1.82, 2.24) is 9.88 Å². The first-order valence-electron chi connectivity index (χ1n) is 8.28. The molecule has 2 aliphatic heterocycles. The lowest BCUT2D eigenvalue weighted by Crippen LogP contribution is -2.50. The van der Waals surface area contributed by atoms with Crippen molar-refractivity contribution in [2.24, 2.45) is 0 Å². The Balaban J connectivity index is 1.41. The molecule has 0 aliphatic carbocycles. The number of hydrogen-bond donors (Lipinski definition) is 0. The highest BCUT2D eigenvalue weighted by Crippen LogP contribution is 2.36. The fourth-order valence-electron chi connectivity index (χ4n) is 3.60. The molecule has 126 valence electrons. The molecular weight excluding hydrogens is 308 g/mol. The number of aromatic nitrogens is 1. The highest BCUT2D eigenvalue weighted by molar-refractivity contribution is 5.91. The van der Waals surface area contributed by atoms with Crippen molar-refractivity contribution in [3.8, 4) is 5.75 Å². The molecule has 0 aromatic carbocycles. The Morgan fingerprint density at radius 1 is 1.38 bits per heavy atom. The number of likely N-dealkylation sites (tertiary alicyclic amines) is 1. The molecule has 0 bridgehead atoms. The van der Waals surface area contributed by atoms with Crippen molar-refractivity contribution in [2.75, 3.05) is 19.7 Å². The van der Waals surface area contributed by atoms with Gasteiger partial charge in [-0.3, -0.25) is 9.78 Å². The first kappa shape index (κ1) is 15.2. The van der Waals surface area contributed by atoms with Crippen molar-refractivity contribution in [1.29, 1.82) is 0 Å². The summed E-state index contributed by atoms with van der Waals surface area (Å²) in [6, 6.07) is 7.18. The molecule has 2 aromatic rings. The maximum absolute atomic E-state index is 12.5. The van der Waals surface area contributed by atoms with E-state index in [0.717, 1.165) is 31.6 Å². The highest BCUT2D eigenvalue weighted by Gasteiger charge is 2.45. The molecule has 4 rings (SSSR count). The number of carbonyl (C=O) groups is 1. The Morgan fingerprint density at radius 3 is 3.12 bits per heavy atom. The van der Waals surface area contributed by atoms with Crippen molar-refractivity contribution >= 4 is 5.91 Å². The predicted octanol–water partition coefficient (Wildman–Crippen LogP) is 2.52. The number of carbonyl (C=O) groups excluding carboxylic acids is 1. The first-order valence-corrected chi connectivity index (χ1v) is 8.28. The molecule has 2 atom stereocenters. The average molecular weight is 328 g/mol. The van der Waals surface area contributed by atoms with Gasteiger partial charge in [-0.05, 0) is 37.1 Å². The number of hydrogen-bond acceptors (Lipinski definition) is 5. The molecule has 1 amide bonds. The SMILES string of the molecule is O=C(c1ccco1)N1CCC[C@@]2(C[C@H](Oc3cccnc3)CO2)C1. The zero-order chi connectivity index (χ0) is 16.4. The van der Waals surface area contributed by atoms with Crippen molar-refractivity contribution in [3.05, 3.63) is 48.7 Å². The molecule has 2 aliphatic rings. The van der Waals surface area contributed by atoms with Crippen LogP contribution in [0.15, 0.2) is 47.3 Å². The summed E-state index contributed by atoms with van der Waals surface area (Å²) in [7, 11) is 0. The minimum atomic E-state index is -0.312. The van der Waals surface area contributed by atoms with Crippen LogP contribution in [0.4, 0.5) is 0 Å². The monoisotopic (exact) mass is 328 g/mol. The fourth-order valence-corrected chi connectivity index (χ4v) is 3.60. The van der Waals surface area contributed by atoms with Gasteiger partial charge in [0.15, 0.2) is 5.76 Å². The summed E-state index contributed by atoms with van der Waals surface area (Å²) in [5.41, 5.74) is -0.312. The van der Waals surface area contributed by atoms with E-state index in [1.54, 1.807) is 24.5 Å². The smallest absolute Gasteiger partial charge is 0.289 e. The van der Waals surface area contributed by atoms with Gasteiger partial charge in [0.25, 0.3) is 5.91 Å². The normalized spacial score (nSPS) is 26.7. The van der Waals surface area contributed by atoms with E-state index < -0.39 is 0 Å². The number of amides is 1. The van der Waals surface area contributed by atoms with Gasteiger partial charge < -0.3 is 18.8 Å². The molecule has 6 nitrogen and oxygen atoms in total. The van der Waals surface area contributed by atoms with Crippen LogP contribution in [0, 0.1) is 0 Å². The minimum absolute atomic E-state index is 0.00661. The number of furan rings is 1. The Hall–Kier alpha value is -2.34. The summed E-state index contributed by atoms with van der Waals surface area (Å²) in [5, 5.41) is 0. The van der Waals surface area contributed by atoms with Gasteiger partial charge in [-0.1, -0.05) is 0 Å². The number of pyridine rings is 1. The topological polar surface area (TPSA) is 64.8 Å². The van der Waals surface area contributed by atoms with Gasteiger partial charge in [-0.25, -0.2) is 0 Å². The Kier molecular flexibility index (Phi) is 3.98. The van der Waals surface area contributed by atoms with Gasteiger partial charge in [-0.15, -0.1) is 0 Å². The Morgan fingerprint density at radius 2 is 2.33 bits per heavy atom. The predicted molar refractivity (Wildman–Crippen MR) is 85.8 cm³/mol. The molecule has 24 heavy (non-hydrogen) atoms. The van der Waals surface area contributed by atoms with Crippen LogP contribution < -0.4 is 4.74 Å². The van der Waals surface area contributed by atoms with E-state index in [9.17, 15) is 4.79 Å². The molecule has 2 fully saturated rings. The molecule has 0 radical (unpaired) electrons. The van der Waals surface area contributed by atoms with E-state index in [1.165, 1.54) is 6.26 Å². The van der Waals surface area contributed by atoms with E-state index in [4.69, 9.17) is 13.9 Å². The molecule has 0 unspecified atom stereocenters. The number of piperidine rings is 1. The molecule has 4 heterocycles. The van der Waals surface area contributed by atoms with E-state index in [2.05, 4.69) is 4.98 Å². The van der Waals surface area contributed by atoms with Crippen LogP contribution in [0.5, 0.6) is 5.75 Å². The molecule has 2 aromatic heterocycles. The first-order chi connectivity index (χ1) is 11.7. The minimum Gasteiger partial charge on any atom is -0.486 e. The Labute approximate surface area is 140 Å². The average Bonchev–Trinajstić information content (AvgIpc) is 3.26. The third kappa shape index (κ3) is 3.01. The Bertz CT molecular complexity index is 688. The summed E-state index contributed by atoms with van der Waals surface area (Å²) < 4.78 is 17.3. The van der Waals surface area contributed by atoms with Crippen LogP contribution >= 0.6 is 0 Å². The van der Waals surface area contributed by atoms with Gasteiger partial charge in [0.1, 0.15) is 11.9 Å². The summed E-state index contributed by atoms with van der Waals surface area (Å²) in [6.45, 7) is 1.86. The second kappa shape index (κ2) is 6.28. The second-order valence-corrected chi connectivity index (χ2v) is 6.43. The lowest BCUT2D eigenvalue weighted by atomic mass is 9.89. The zero-order valence-electron chi connectivity index (χ0n) is 13.4. The number of rotatable bonds is 3. The molecular formula is C18H20N2O4. The van der Waals surface area contributed by atoms with Crippen LogP contribution in [-0.2, 0) is 4.74 Å². The van der Waals surface area contributed by atoms with Gasteiger partial charge in [0.05, 0.1) is 31.2 Å². The van der Waals surface area contributed by atoms with E-state index in [0.29, 0.717) is 18.9 Å². The second-order valence-electron chi connectivity index (χ2n) is 6.43. The standard InChI is InChI=1S/C18H20N2O4/c21-17(16-5-2-9-22-16)20-8-3-6-18(13-20)10-15(12-23-18)24-14-4-1-7-19-11-14/h1-2,4-5,7,9,11,15H,3,6,8,10,12-13H2/t15-,18+/m0/s1. The summed E-state index contributed by atoms with van der Waals surface area (Å²) >= 11 is 0. The summed E-state index contributed by atoms with van der Waals surface area (Å²) in [6.07, 6.45) is 7.60. The van der Waals surface area contributed by atoms with Crippen LogP contribution in [0.25, 0.3) is 0 Å². The maximum atomic E-state index is 12.5. The van der Waals surface area contributed by atoms with Crippen molar-refractivity contribution in [2.45, 2.75) is 31.0 Å². The van der Waals surface area contributed by atoms with Crippen molar-refractivity contribution in [3.63, 3.8) is 0 Å². The van der Waals surface area contributed by atoms with Gasteiger partial charge >= 0.3 is 0 Å². The van der Waals surface area contributed by atoms with E-state index in [1.807, 2.05) is 17.0 Å². The van der Waals surface area contributed by atoms with Gasteiger partial charge in [0, 0.05) is 19.2 Å². The van der Waals surface area contributed by atoms with Crippen LogP contribution in [-0.4, -0.2) is 47.2 Å². The lowest BCUT2D eigenvalue weighted by Gasteiger charge is -2.39. The van der Waals surface area contributed by atoms with Gasteiger partial charge in [-0.2, -0.15) is 0 Å². The molecule has 0 N–H and O–H groups in total. The quantitative estimate of drug-likeness (QED) is 0.866. The number of nitrogens with zero attached hydrogens (tertiary/aromatic N) is 2. The van der Waals surface area contributed by atoms with E-state index in [-0.39, 0.29) is 17.6 Å². The highest BCUT2D eigenvalue weighted by atomic mass is 16.6. The summed E-state index contributed by atoms with van der Waals surface area (Å²) in [4.78, 5) is 18.4. The maximum Gasteiger partial charge on any atom is 0.289 e. The third-order valence-electron chi connectivity index (χ3n) is 4.67.